The van der Waals surface area contributed by atoms with Gasteiger partial charge in [-0.3, -0.25) is 4.79 Å². The summed E-state index contributed by atoms with van der Waals surface area (Å²) in [5.74, 6) is 1.14. The van der Waals surface area contributed by atoms with E-state index in [0.29, 0.717) is 19.6 Å². The molecule has 0 atom stereocenters. The molecule has 1 saturated heterocycles. The van der Waals surface area contributed by atoms with Gasteiger partial charge in [0.1, 0.15) is 11.5 Å². The summed E-state index contributed by atoms with van der Waals surface area (Å²) in [5.41, 5.74) is 0.723. The van der Waals surface area contributed by atoms with Gasteiger partial charge in [0.15, 0.2) is 0 Å². The Hall–Kier alpha value is -2.05. The van der Waals surface area contributed by atoms with Crippen molar-refractivity contribution in [3.05, 3.63) is 17.5 Å². The number of hydrogen-bond donors (Lipinski definition) is 2. The van der Waals surface area contributed by atoms with Crippen molar-refractivity contribution in [2.24, 2.45) is 5.92 Å². The number of aryl methyl sites for hydroxylation is 1. The van der Waals surface area contributed by atoms with E-state index in [1.165, 1.54) is 19.3 Å². The maximum Gasteiger partial charge on any atom is 0.317 e. The van der Waals surface area contributed by atoms with Crippen molar-refractivity contribution in [2.75, 3.05) is 13.1 Å². The van der Waals surface area contributed by atoms with Crippen molar-refractivity contribution < 1.29 is 14.1 Å². The molecule has 0 spiro atoms. The number of carbonyl (C=O) groups is 2. The lowest BCUT2D eigenvalue weighted by Crippen LogP contribution is -2.50. The zero-order valence-corrected chi connectivity index (χ0v) is 14.9. The normalized spacial score (nSPS) is 19.6. The number of rotatable bonds is 4. The fourth-order valence-electron chi connectivity index (χ4n) is 3.69. The van der Waals surface area contributed by atoms with Crippen LogP contribution in [0.1, 0.15) is 56.4 Å². The Morgan fingerprint density at radius 3 is 2.56 bits per heavy atom. The maximum atomic E-state index is 12.3. The highest BCUT2D eigenvalue weighted by Gasteiger charge is 2.27. The van der Waals surface area contributed by atoms with E-state index in [4.69, 9.17) is 4.52 Å². The largest absolute Gasteiger partial charge is 0.361 e. The number of piperidine rings is 1. The fraction of sp³-hybridized carbons (Fsp3) is 0.722. The first-order chi connectivity index (χ1) is 12.1. The first kappa shape index (κ1) is 17.8. The van der Waals surface area contributed by atoms with Crippen LogP contribution in [0.15, 0.2) is 10.6 Å². The quantitative estimate of drug-likeness (QED) is 0.874. The van der Waals surface area contributed by atoms with E-state index in [1.807, 2.05) is 13.0 Å². The van der Waals surface area contributed by atoms with Crippen molar-refractivity contribution in [2.45, 2.75) is 64.5 Å². The molecule has 2 fully saturated rings. The molecule has 0 bridgehead atoms. The highest BCUT2D eigenvalue weighted by molar-refractivity contribution is 5.79. The molecule has 2 heterocycles. The molecule has 1 saturated carbocycles. The molecule has 2 N–H and O–H groups in total. The molecular weight excluding hydrogens is 320 g/mol. The van der Waals surface area contributed by atoms with Crippen LogP contribution in [0.5, 0.6) is 0 Å². The number of hydrogen-bond acceptors (Lipinski definition) is 4. The first-order valence-corrected chi connectivity index (χ1v) is 9.37. The van der Waals surface area contributed by atoms with E-state index in [0.717, 1.165) is 37.1 Å². The number of nitrogens with one attached hydrogen (secondary N) is 2. The molecule has 3 amide bonds. The standard InChI is InChI=1S/C18H28N4O3/c1-13-11-16(21-25-13)12-19-18(24)22-9-7-15(8-10-22)20-17(23)14-5-3-2-4-6-14/h11,14-15H,2-10,12H2,1H3,(H,19,24)(H,20,23). The lowest BCUT2D eigenvalue weighted by molar-refractivity contribution is -0.126. The minimum absolute atomic E-state index is 0.0855. The van der Waals surface area contributed by atoms with Crippen LogP contribution in [-0.2, 0) is 11.3 Å². The van der Waals surface area contributed by atoms with Gasteiger partial charge < -0.3 is 20.1 Å². The minimum atomic E-state index is -0.0855. The summed E-state index contributed by atoms with van der Waals surface area (Å²) in [4.78, 5) is 26.3. The third kappa shape index (κ3) is 4.96. The van der Waals surface area contributed by atoms with Crippen LogP contribution in [0.4, 0.5) is 4.79 Å². The summed E-state index contributed by atoms with van der Waals surface area (Å²) in [6.07, 6.45) is 7.27. The number of likely N-dealkylation sites (tertiary alicyclic amines) is 1. The lowest BCUT2D eigenvalue weighted by atomic mass is 9.88. The predicted molar refractivity (Wildman–Crippen MR) is 92.8 cm³/mol. The van der Waals surface area contributed by atoms with Crippen molar-refractivity contribution in [3.63, 3.8) is 0 Å². The predicted octanol–water partition coefficient (Wildman–Crippen LogP) is 2.35. The molecule has 0 unspecified atom stereocenters. The molecule has 0 aromatic carbocycles. The van der Waals surface area contributed by atoms with Crippen LogP contribution in [0.25, 0.3) is 0 Å². The van der Waals surface area contributed by atoms with Gasteiger partial charge in [-0.25, -0.2) is 4.79 Å². The van der Waals surface area contributed by atoms with Crippen molar-refractivity contribution in [3.8, 4) is 0 Å². The van der Waals surface area contributed by atoms with E-state index >= 15 is 0 Å². The third-order valence-corrected chi connectivity index (χ3v) is 5.20. The maximum absolute atomic E-state index is 12.3. The number of urea groups is 1. The second-order valence-electron chi connectivity index (χ2n) is 7.19. The van der Waals surface area contributed by atoms with Crippen molar-refractivity contribution in [1.82, 2.24) is 20.7 Å². The van der Waals surface area contributed by atoms with Crippen molar-refractivity contribution >= 4 is 11.9 Å². The number of amides is 3. The highest BCUT2D eigenvalue weighted by Crippen LogP contribution is 2.24. The van der Waals surface area contributed by atoms with Crippen LogP contribution < -0.4 is 10.6 Å². The lowest BCUT2D eigenvalue weighted by Gasteiger charge is -2.33. The average Bonchev–Trinajstić information content (AvgIpc) is 3.06. The summed E-state index contributed by atoms with van der Waals surface area (Å²) in [7, 11) is 0. The zero-order valence-electron chi connectivity index (χ0n) is 14.9. The molecule has 1 aliphatic carbocycles. The molecule has 7 heteroatoms. The van der Waals surface area contributed by atoms with Gasteiger partial charge in [0.25, 0.3) is 0 Å². The Balaban J connectivity index is 1.37. The Morgan fingerprint density at radius 1 is 1.20 bits per heavy atom. The van der Waals surface area contributed by atoms with Gasteiger partial charge in [-0.1, -0.05) is 24.4 Å². The summed E-state index contributed by atoms with van der Waals surface area (Å²) in [5, 5.41) is 9.92. The van der Waals surface area contributed by atoms with E-state index < -0.39 is 0 Å². The monoisotopic (exact) mass is 348 g/mol. The molecular formula is C18H28N4O3. The molecule has 1 aromatic heterocycles. The summed E-state index contributed by atoms with van der Waals surface area (Å²) in [6, 6.07) is 1.92. The smallest absolute Gasteiger partial charge is 0.317 e. The van der Waals surface area contributed by atoms with Crippen molar-refractivity contribution in [1.29, 1.82) is 0 Å². The van der Waals surface area contributed by atoms with E-state index in [9.17, 15) is 9.59 Å². The second-order valence-corrected chi connectivity index (χ2v) is 7.19. The second kappa shape index (κ2) is 8.36. The van der Waals surface area contributed by atoms with Crippen LogP contribution >= 0.6 is 0 Å². The molecule has 7 nitrogen and oxygen atoms in total. The molecule has 25 heavy (non-hydrogen) atoms. The van der Waals surface area contributed by atoms with Gasteiger partial charge >= 0.3 is 6.03 Å². The van der Waals surface area contributed by atoms with Gasteiger partial charge in [-0.05, 0) is 32.6 Å². The van der Waals surface area contributed by atoms with Gasteiger partial charge in [-0.2, -0.15) is 0 Å². The molecule has 1 aliphatic heterocycles. The Bertz CT molecular complexity index is 587. The average molecular weight is 348 g/mol. The van der Waals surface area contributed by atoms with Gasteiger partial charge in [-0.15, -0.1) is 0 Å². The molecule has 0 radical (unpaired) electrons. The Kier molecular flexibility index (Phi) is 5.94. The van der Waals surface area contributed by atoms with E-state index in [1.54, 1.807) is 4.90 Å². The molecule has 3 rings (SSSR count). The molecule has 1 aromatic rings. The fourth-order valence-corrected chi connectivity index (χ4v) is 3.69. The first-order valence-electron chi connectivity index (χ1n) is 9.37. The van der Waals surface area contributed by atoms with E-state index in [2.05, 4.69) is 15.8 Å². The highest BCUT2D eigenvalue weighted by atomic mass is 16.5. The van der Waals surface area contributed by atoms with Gasteiger partial charge in [0.2, 0.25) is 5.91 Å². The topological polar surface area (TPSA) is 87.5 Å². The number of aromatic nitrogens is 1. The summed E-state index contributed by atoms with van der Waals surface area (Å²) in [6.45, 7) is 3.53. The summed E-state index contributed by atoms with van der Waals surface area (Å²) >= 11 is 0. The molecule has 138 valence electrons. The number of carbonyl (C=O) groups excluding carboxylic acids is 2. The Morgan fingerprint density at radius 2 is 1.92 bits per heavy atom. The van der Waals surface area contributed by atoms with Crippen LogP contribution in [-0.4, -0.2) is 41.1 Å². The van der Waals surface area contributed by atoms with Crippen LogP contribution in [0, 0.1) is 12.8 Å². The van der Waals surface area contributed by atoms with Gasteiger partial charge in [0.05, 0.1) is 6.54 Å². The zero-order chi connectivity index (χ0) is 17.6. The van der Waals surface area contributed by atoms with E-state index in [-0.39, 0.29) is 23.9 Å². The minimum Gasteiger partial charge on any atom is -0.361 e. The SMILES string of the molecule is Cc1cc(CNC(=O)N2CCC(NC(=O)C3CCCCC3)CC2)no1. The number of nitrogens with zero attached hydrogens (tertiary/aromatic N) is 2. The van der Waals surface area contributed by atoms with Crippen LogP contribution in [0.2, 0.25) is 0 Å². The van der Waals surface area contributed by atoms with Crippen LogP contribution in [0.3, 0.4) is 0 Å². The molecule has 2 aliphatic rings. The summed E-state index contributed by atoms with van der Waals surface area (Å²) < 4.78 is 4.99. The Labute approximate surface area is 148 Å². The van der Waals surface area contributed by atoms with Gasteiger partial charge in [0, 0.05) is 31.1 Å². The third-order valence-electron chi connectivity index (χ3n) is 5.20.